The Morgan fingerprint density at radius 3 is 2.52 bits per heavy atom. The van der Waals surface area contributed by atoms with Crippen LogP contribution >= 0.6 is 0 Å². The molecular weight excluding hydrogens is 334 g/mol. The van der Waals surface area contributed by atoms with Crippen molar-refractivity contribution in [3.63, 3.8) is 0 Å². The highest BCUT2D eigenvalue weighted by Crippen LogP contribution is 2.42. The Hall–Kier alpha value is -1.39. The van der Waals surface area contributed by atoms with Crippen LogP contribution in [0.4, 0.5) is 0 Å². The van der Waals surface area contributed by atoms with E-state index in [1.54, 1.807) is 0 Å². The van der Waals surface area contributed by atoms with E-state index in [1.807, 2.05) is 0 Å². The summed E-state index contributed by atoms with van der Waals surface area (Å²) in [7, 11) is 2.16. The lowest BCUT2D eigenvalue weighted by atomic mass is 9.77. The summed E-state index contributed by atoms with van der Waals surface area (Å²) < 4.78 is 0. The lowest BCUT2D eigenvalue weighted by molar-refractivity contribution is -0.138. The van der Waals surface area contributed by atoms with Gasteiger partial charge < -0.3 is 10.2 Å². The molecule has 0 unspecified atom stereocenters. The first-order chi connectivity index (χ1) is 13.1. The number of hydrogen-bond acceptors (Lipinski definition) is 3. The molecule has 1 aromatic rings. The van der Waals surface area contributed by atoms with E-state index in [2.05, 4.69) is 53.4 Å². The first kappa shape index (κ1) is 18.9. The second-order valence-corrected chi connectivity index (χ2v) is 9.28. The molecule has 1 N–H and O–H groups in total. The Balaban J connectivity index is 1.52. The number of nitrogens with one attached hydrogen (secondary N) is 1. The highest BCUT2D eigenvalue weighted by atomic mass is 16.2. The standard InChI is InChI=1S/C23H35N3O/c1-18-7-9-19(10-8-18)16-26(20-5-3-4-6-20)22(27)21-15-23(17-25(21)2)11-13-24-14-12-23/h7-10,20-21,24H,3-6,11-17H2,1-2H3/t21-/m1/s1. The third-order valence-corrected chi connectivity index (χ3v) is 7.21. The summed E-state index contributed by atoms with van der Waals surface area (Å²) in [6.07, 6.45) is 8.33. The van der Waals surface area contributed by atoms with Crippen LogP contribution < -0.4 is 5.32 Å². The minimum absolute atomic E-state index is 0.0640. The molecule has 0 aromatic heterocycles. The largest absolute Gasteiger partial charge is 0.334 e. The molecule has 0 bridgehead atoms. The second-order valence-electron chi connectivity index (χ2n) is 9.28. The van der Waals surface area contributed by atoms with Crippen molar-refractivity contribution in [2.24, 2.45) is 5.41 Å². The lowest BCUT2D eigenvalue weighted by Crippen LogP contribution is -2.47. The number of piperidine rings is 1. The Morgan fingerprint density at radius 1 is 1.19 bits per heavy atom. The minimum atomic E-state index is 0.0640. The van der Waals surface area contributed by atoms with Crippen LogP contribution in [0.15, 0.2) is 24.3 Å². The second kappa shape index (κ2) is 7.92. The van der Waals surface area contributed by atoms with E-state index < -0.39 is 0 Å². The number of nitrogens with zero attached hydrogens (tertiary/aromatic N) is 2. The number of aryl methyl sites for hydroxylation is 1. The van der Waals surface area contributed by atoms with Gasteiger partial charge in [0.25, 0.3) is 0 Å². The SMILES string of the molecule is Cc1ccc(CN(C(=O)[C@H]2CC3(CCNCC3)CN2C)C2CCCC2)cc1. The number of benzene rings is 1. The predicted octanol–water partition coefficient (Wildman–Crippen LogP) is 3.34. The fourth-order valence-electron chi connectivity index (χ4n) is 5.55. The van der Waals surface area contributed by atoms with Crippen molar-refractivity contribution in [1.29, 1.82) is 0 Å². The molecule has 4 heteroatoms. The van der Waals surface area contributed by atoms with E-state index in [0.29, 0.717) is 17.4 Å². The van der Waals surface area contributed by atoms with Crippen molar-refractivity contribution < 1.29 is 4.79 Å². The van der Waals surface area contributed by atoms with Gasteiger partial charge in [0.15, 0.2) is 0 Å². The van der Waals surface area contributed by atoms with Crippen LogP contribution in [0.3, 0.4) is 0 Å². The third-order valence-electron chi connectivity index (χ3n) is 7.21. The van der Waals surface area contributed by atoms with Gasteiger partial charge in [-0.15, -0.1) is 0 Å². The number of rotatable bonds is 4. The molecule has 148 valence electrons. The van der Waals surface area contributed by atoms with Gasteiger partial charge in [0.05, 0.1) is 6.04 Å². The van der Waals surface area contributed by atoms with Gasteiger partial charge in [-0.3, -0.25) is 9.69 Å². The van der Waals surface area contributed by atoms with Gasteiger partial charge in [-0.1, -0.05) is 42.7 Å². The van der Waals surface area contributed by atoms with Crippen LogP contribution in [0.5, 0.6) is 0 Å². The molecule has 4 rings (SSSR count). The van der Waals surface area contributed by atoms with E-state index >= 15 is 0 Å². The van der Waals surface area contributed by atoms with Crippen molar-refractivity contribution in [2.45, 2.75) is 70.5 Å². The molecule has 1 aliphatic carbocycles. The maximum atomic E-state index is 13.7. The van der Waals surface area contributed by atoms with Crippen LogP contribution in [0.25, 0.3) is 0 Å². The fourth-order valence-corrected chi connectivity index (χ4v) is 5.55. The normalized spacial score (nSPS) is 25.9. The summed E-state index contributed by atoms with van der Waals surface area (Å²) in [6, 6.07) is 9.21. The van der Waals surface area contributed by atoms with Crippen molar-refractivity contribution >= 4 is 5.91 Å². The number of amides is 1. The summed E-state index contributed by atoms with van der Waals surface area (Å²) in [4.78, 5) is 18.3. The average Bonchev–Trinajstić information content (AvgIpc) is 3.30. The molecule has 2 saturated heterocycles. The number of hydrogen-bond donors (Lipinski definition) is 1. The first-order valence-corrected chi connectivity index (χ1v) is 10.8. The third kappa shape index (κ3) is 4.07. The highest BCUT2D eigenvalue weighted by Gasteiger charge is 2.47. The van der Waals surface area contributed by atoms with Gasteiger partial charge in [-0.2, -0.15) is 0 Å². The van der Waals surface area contributed by atoms with Crippen LogP contribution in [-0.2, 0) is 11.3 Å². The van der Waals surface area contributed by atoms with Gasteiger partial charge >= 0.3 is 0 Å². The molecule has 1 spiro atoms. The van der Waals surface area contributed by atoms with E-state index in [9.17, 15) is 4.79 Å². The maximum absolute atomic E-state index is 13.7. The molecule has 1 atom stereocenters. The molecule has 0 radical (unpaired) electrons. The van der Waals surface area contributed by atoms with Gasteiger partial charge in [0, 0.05) is 19.1 Å². The van der Waals surface area contributed by atoms with Crippen LogP contribution in [0.1, 0.15) is 56.1 Å². The molecule has 2 heterocycles. The van der Waals surface area contributed by atoms with Crippen molar-refractivity contribution in [1.82, 2.24) is 15.1 Å². The quantitative estimate of drug-likeness (QED) is 0.884. The Kier molecular flexibility index (Phi) is 5.56. The Labute approximate surface area is 164 Å². The van der Waals surface area contributed by atoms with Crippen molar-refractivity contribution in [2.75, 3.05) is 26.7 Å². The molecule has 1 aromatic carbocycles. The average molecular weight is 370 g/mol. The smallest absolute Gasteiger partial charge is 0.240 e. The number of likely N-dealkylation sites (tertiary alicyclic amines) is 1. The molecule has 3 fully saturated rings. The summed E-state index contributed by atoms with van der Waals surface area (Å²) in [5.41, 5.74) is 2.89. The molecular formula is C23H35N3O. The van der Waals surface area contributed by atoms with Crippen LogP contribution in [0.2, 0.25) is 0 Å². The predicted molar refractivity (Wildman–Crippen MR) is 110 cm³/mol. The van der Waals surface area contributed by atoms with E-state index in [0.717, 1.165) is 32.6 Å². The van der Waals surface area contributed by atoms with Gasteiger partial charge in [0.1, 0.15) is 0 Å². The summed E-state index contributed by atoms with van der Waals surface area (Å²) in [5, 5.41) is 3.49. The molecule has 3 aliphatic rings. The van der Waals surface area contributed by atoms with Crippen molar-refractivity contribution in [3.8, 4) is 0 Å². The lowest BCUT2D eigenvalue weighted by Gasteiger charge is -2.34. The number of carbonyl (C=O) groups is 1. The maximum Gasteiger partial charge on any atom is 0.240 e. The Morgan fingerprint density at radius 2 is 1.85 bits per heavy atom. The molecule has 4 nitrogen and oxygen atoms in total. The molecule has 1 amide bonds. The zero-order valence-electron chi connectivity index (χ0n) is 17.0. The van der Waals surface area contributed by atoms with E-state index in [4.69, 9.17) is 0 Å². The fraction of sp³-hybridized carbons (Fsp3) is 0.696. The minimum Gasteiger partial charge on any atom is -0.334 e. The monoisotopic (exact) mass is 369 g/mol. The summed E-state index contributed by atoms with van der Waals surface area (Å²) in [6.45, 7) is 6.17. The zero-order valence-corrected chi connectivity index (χ0v) is 17.0. The summed E-state index contributed by atoms with van der Waals surface area (Å²) >= 11 is 0. The molecule has 2 aliphatic heterocycles. The first-order valence-electron chi connectivity index (χ1n) is 10.8. The van der Waals surface area contributed by atoms with Gasteiger partial charge in [-0.05, 0) is 70.1 Å². The van der Waals surface area contributed by atoms with E-state index in [-0.39, 0.29) is 6.04 Å². The van der Waals surface area contributed by atoms with Crippen LogP contribution in [-0.4, -0.2) is 54.5 Å². The summed E-state index contributed by atoms with van der Waals surface area (Å²) in [5.74, 6) is 0.375. The number of likely N-dealkylation sites (N-methyl/N-ethyl adjacent to an activating group) is 1. The van der Waals surface area contributed by atoms with Gasteiger partial charge in [0.2, 0.25) is 5.91 Å². The van der Waals surface area contributed by atoms with Gasteiger partial charge in [-0.25, -0.2) is 0 Å². The molecule has 1 saturated carbocycles. The Bertz CT molecular complexity index is 644. The van der Waals surface area contributed by atoms with Crippen LogP contribution in [0, 0.1) is 12.3 Å². The van der Waals surface area contributed by atoms with E-state index in [1.165, 1.54) is 49.7 Å². The topological polar surface area (TPSA) is 35.6 Å². The number of carbonyl (C=O) groups excluding carboxylic acids is 1. The van der Waals surface area contributed by atoms with Crippen molar-refractivity contribution in [3.05, 3.63) is 35.4 Å². The zero-order chi connectivity index (χ0) is 18.9. The highest BCUT2D eigenvalue weighted by molar-refractivity contribution is 5.82. The molecule has 27 heavy (non-hydrogen) atoms.